The van der Waals surface area contributed by atoms with Gasteiger partial charge in [0.25, 0.3) is 0 Å². The highest BCUT2D eigenvalue weighted by Crippen LogP contribution is 2.02. The fraction of sp³-hybridized carbons (Fsp3) is 0.821. The minimum Gasteiger partial charge on any atom is -0.480 e. The van der Waals surface area contributed by atoms with Gasteiger partial charge in [-0.05, 0) is 25.8 Å². The molecule has 4 N–H and O–H groups in total. The molecule has 0 bridgehead atoms. The summed E-state index contributed by atoms with van der Waals surface area (Å²) in [5.41, 5.74) is 0. The van der Waals surface area contributed by atoms with Gasteiger partial charge in [0.05, 0.1) is 26.2 Å². The molecule has 0 aliphatic carbocycles. The highest BCUT2D eigenvalue weighted by atomic mass is 16.4. The van der Waals surface area contributed by atoms with Crippen LogP contribution in [0.1, 0.15) is 33.1 Å². The number of hydrogen-bond donors (Lipinski definition) is 4. The molecule has 42 heavy (non-hydrogen) atoms. The molecule has 0 atom stereocenters. The SMILES string of the molecule is CC(C)CCCNC(=O)CCN(C)CCNC(=O)CN1CCN(CC=O)CCN(CC(=O)O)CCN(CC(=O)O)CC1. The second-order valence-electron chi connectivity index (χ2n) is 11.4. The summed E-state index contributed by atoms with van der Waals surface area (Å²) < 4.78 is 0. The van der Waals surface area contributed by atoms with E-state index in [2.05, 4.69) is 24.5 Å². The van der Waals surface area contributed by atoms with Crippen LogP contribution in [0.3, 0.4) is 0 Å². The first-order valence-electron chi connectivity index (χ1n) is 15.0. The summed E-state index contributed by atoms with van der Waals surface area (Å²) in [5, 5.41) is 24.5. The predicted molar refractivity (Wildman–Crippen MR) is 159 cm³/mol. The lowest BCUT2D eigenvalue weighted by Crippen LogP contribution is -2.49. The van der Waals surface area contributed by atoms with Gasteiger partial charge in [-0.1, -0.05) is 13.8 Å². The summed E-state index contributed by atoms with van der Waals surface area (Å²) in [6, 6.07) is 0. The van der Waals surface area contributed by atoms with E-state index >= 15 is 0 Å². The second-order valence-corrected chi connectivity index (χ2v) is 11.4. The number of amides is 2. The van der Waals surface area contributed by atoms with Gasteiger partial charge in [0.15, 0.2) is 0 Å². The van der Waals surface area contributed by atoms with E-state index in [1.807, 2.05) is 21.7 Å². The quantitative estimate of drug-likeness (QED) is 0.107. The van der Waals surface area contributed by atoms with Gasteiger partial charge in [0, 0.05) is 85.0 Å². The van der Waals surface area contributed by atoms with Crippen LogP contribution in [0.2, 0.25) is 0 Å². The smallest absolute Gasteiger partial charge is 0.317 e. The first-order valence-corrected chi connectivity index (χ1v) is 15.0. The molecule has 0 aromatic carbocycles. The lowest BCUT2D eigenvalue weighted by atomic mass is 10.1. The molecule has 1 saturated heterocycles. The molecule has 0 radical (unpaired) electrons. The van der Waals surface area contributed by atoms with Crippen LogP contribution in [0.4, 0.5) is 0 Å². The van der Waals surface area contributed by atoms with Crippen LogP contribution >= 0.6 is 0 Å². The average Bonchev–Trinajstić information content (AvgIpc) is 2.90. The van der Waals surface area contributed by atoms with Gasteiger partial charge in [-0.25, -0.2) is 0 Å². The number of rotatable bonds is 18. The summed E-state index contributed by atoms with van der Waals surface area (Å²) in [6.45, 7) is 10.1. The predicted octanol–water partition coefficient (Wildman–Crippen LogP) is -1.43. The molecule has 14 nitrogen and oxygen atoms in total. The zero-order valence-electron chi connectivity index (χ0n) is 25.8. The number of nitrogens with zero attached hydrogens (tertiary/aromatic N) is 5. The van der Waals surface area contributed by atoms with E-state index in [1.54, 1.807) is 9.80 Å². The van der Waals surface area contributed by atoms with Gasteiger partial charge in [0.2, 0.25) is 11.8 Å². The number of hydrogen-bond acceptors (Lipinski definition) is 10. The molecule has 0 aromatic heterocycles. The van der Waals surface area contributed by atoms with Crippen LogP contribution in [0.25, 0.3) is 0 Å². The zero-order valence-corrected chi connectivity index (χ0v) is 25.8. The molecule has 1 aliphatic rings. The third-order valence-electron chi connectivity index (χ3n) is 7.16. The van der Waals surface area contributed by atoms with Crippen LogP contribution in [-0.2, 0) is 24.0 Å². The van der Waals surface area contributed by atoms with Gasteiger partial charge in [-0.3, -0.25) is 38.8 Å². The highest BCUT2D eigenvalue weighted by molar-refractivity contribution is 5.78. The molecule has 0 saturated carbocycles. The molecule has 2 amide bonds. The van der Waals surface area contributed by atoms with Gasteiger partial charge in [-0.2, -0.15) is 0 Å². The van der Waals surface area contributed by atoms with Crippen molar-refractivity contribution in [1.29, 1.82) is 0 Å². The Morgan fingerprint density at radius 1 is 0.738 bits per heavy atom. The highest BCUT2D eigenvalue weighted by Gasteiger charge is 2.20. The Morgan fingerprint density at radius 3 is 1.69 bits per heavy atom. The van der Waals surface area contributed by atoms with Crippen molar-refractivity contribution in [3.05, 3.63) is 0 Å². The molecule has 242 valence electrons. The van der Waals surface area contributed by atoms with Crippen molar-refractivity contribution in [2.45, 2.75) is 33.1 Å². The molecule has 0 aromatic rings. The lowest BCUT2D eigenvalue weighted by molar-refractivity contribution is -0.140. The number of carbonyl (C=O) groups excluding carboxylic acids is 3. The van der Waals surface area contributed by atoms with Crippen LogP contribution in [0.5, 0.6) is 0 Å². The van der Waals surface area contributed by atoms with Crippen molar-refractivity contribution in [2.75, 3.05) is 112 Å². The molecule has 1 fully saturated rings. The van der Waals surface area contributed by atoms with Crippen molar-refractivity contribution >= 4 is 30.0 Å². The molecule has 0 spiro atoms. The van der Waals surface area contributed by atoms with E-state index in [1.165, 1.54) is 0 Å². The number of carbonyl (C=O) groups is 5. The van der Waals surface area contributed by atoms with Crippen molar-refractivity contribution in [1.82, 2.24) is 35.1 Å². The number of carboxylic acid groups (broad SMARTS) is 2. The Kier molecular flexibility index (Phi) is 19.5. The minimum absolute atomic E-state index is 0.0279. The maximum absolute atomic E-state index is 12.8. The summed E-state index contributed by atoms with van der Waals surface area (Å²) >= 11 is 0. The van der Waals surface area contributed by atoms with Crippen molar-refractivity contribution in [3.8, 4) is 0 Å². The summed E-state index contributed by atoms with van der Waals surface area (Å²) in [5.74, 6) is -1.44. The average molecular weight is 600 g/mol. The molecule has 1 heterocycles. The normalized spacial score (nSPS) is 17.0. The fourth-order valence-electron chi connectivity index (χ4n) is 4.60. The van der Waals surface area contributed by atoms with E-state index in [-0.39, 0.29) is 38.0 Å². The second kappa shape index (κ2) is 22.0. The largest absolute Gasteiger partial charge is 0.480 e. The van der Waals surface area contributed by atoms with E-state index in [9.17, 15) is 34.2 Å². The Hall–Kier alpha value is -2.65. The number of aldehydes is 1. The van der Waals surface area contributed by atoms with Crippen LogP contribution in [-0.4, -0.2) is 177 Å². The van der Waals surface area contributed by atoms with Gasteiger partial charge < -0.3 is 30.5 Å². The first-order chi connectivity index (χ1) is 20.0. The van der Waals surface area contributed by atoms with Crippen molar-refractivity contribution in [3.63, 3.8) is 0 Å². The molecular formula is C28H53N7O7. The van der Waals surface area contributed by atoms with Crippen LogP contribution in [0, 0.1) is 5.92 Å². The lowest BCUT2D eigenvalue weighted by Gasteiger charge is -2.32. The molecular weight excluding hydrogens is 546 g/mol. The third kappa shape index (κ3) is 19.5. The van der Waals surface area contributed by atoms with Gasteiger partial charge in [0.1, 0.15) is 6.29 Å². The summed E-state index contributed by atoms with van der Waals surface area (Å²) in [7, 11) is 1.91. The summed E-state index contributed by atoms with van der Waals surface area (Å²) in [6.07, 6.45) is 3.27. The molecule has 0 unspecified atom stereocenters. The summed E-state index contributed by atoms with van der Waals surface area (Å²) in [4.78, 5) is 68.1. The Bertz CT molecular complexity index is 830. The van der Waals surface area contributed by atoms with E-state index in [0.29, 0.717) is 90.9 Å². The van der Waals surface area contributed by atoms with E-state index in [4.69, 9.17) is 0 Å². The van der Waals surface area contributed by atoms with Gasteiger partial charge in [-0.15, -0.1) is 0 Å². The standard InChI is InChI=1S/C28H53N7O7/c1-24(2)5-4-7-29-25(37)6-9-31(3)10-8-30-26(38)21-33-13-11-32(19-20-36)12-14-34(22-27(39)40)17-18-35(16-15-33)23-28(41)42/h20,24H,4-19,21-23H2,1-3H3,(H,29,37)(H,30,38)(H,39,40)(H,41,42). The Labute approximate surface area is 250 Å². The fourth-order valence-corrected chi connectivity index (χ4v) is 4.60. The minimum atomic E-state index is -0.971. The maximum atomic E-state index is 12.8. The van der Waals surface area contributed by atoms with Crippen molar-refractivity contribution < 1.29 is 34.2 Å². The molecule has 1 rings (SSSR count). The number of nitrogens with one attached hydrogen (secondary N) is 2. The number of aliphatic carboxylic acids is 2. The molecule has 14 heteroatoms. The van der Waals surface area contributed by atoms with Crippen LogP contribution < -0.4 is 10.6 Å². The van der Waals surface area contributed by atoms with Crippen molar-refractivity contribution in [2.24, 2.45) is 5.92 Å². The third-order valence-corrected chi connectivity index (χ3v) is 7.16. The Balaban J connectivity index is 2.58. The first kappa shape index (κ1) is 37.4. The molecule has 1 aliphatic heterocycles. The van der Waals surface area contributed by atoms with E-state index < -0.39 is 11.9 Å². The topological polar surface area (TPSA) is 166 Å². The number of likely N-dealkylation sites (N-methyl/N-ethyl adjacent to an activating group) is 1. The van der Waals surface area contributed by atoms with E-state index in [0.717, 1.165) is 19.1 Å². The van der Waals surface area contributed by atoms with Gasteiger partial charge >= 0.3 is 11.9 Å². The number of carboxylic acids is 2. The zero-order chi connectivity index (χ0) is 31.3. The Morgan fingerprint density at radius 2 is 1.21 bits per heavy atom. The van der Waals surface area contributed by atoms with Crippen LogP contribution in [0.15, 0.2) is 0 Å². The monoisotopic (exact) mass is 599 g/mol. The maximum Gasteiger partial charge on any atom is 0.317 e.